The number of amides is 1. The quantitative estimate of drug-likeness (QED) is 0.810. The van der Waals surface area contributed by atoms with Crippen LogP contribution in [-0.4, -0.2) is 5.91 Å². The van der Waals surface area contributed by atoms with Gasteiger partial charge in [-0.2, -0.15) is 0 Å². The Hall–Kier alpha value is -1.31. The molecule has 2 nitrogen and oxygen atoms in total. The molecule has 0 saturated carbocycles. The van der Waals surface area contributed by atoms with Gasteiger partial charge in [0.15, 0.2) is 0 Å². The zero-order chi connectivity index (χ0) is 11.5. The van der Waals surface area contributed by atoms with Crippen molar-refractivity contribution in [3.8, 4) is 0 Å². The topological polar surface area (TPSA) is 43.1 Å². The highest BCUT2D eigenvalue weighted by Gasteiger charge is 2.24. The third kappa shape index (κ3) is 3.74. The van der Waals surface area contributed by atoms with Gasteiger partial charge in [0.2, 0.25) is 5.91 Å². The molecule has 0 radical (unpaired) electrons. The second-order valence-electron chi connectivity index (χ2n) is 5.13. The molecule has 2 N–H and O–H groups in total. The van der Waals surface area contributed by atoms with E-state index in [1.54, 1.807) is 0 Å². The van der Waals surface area contributed by atoms with E-state index in [0.717, 1.165) is 12.0 Å². The SMILES string of the molecule is CC(C)(C)CC(C(N)=O)c1ccccc1. The van der Waals surface area contributed by atoms with Crippen molar-refractivity contribution in [2.75, 3.05) is 0 Å². The lowest BCUT2D eigenvalue weighted by Gasteiger charge is -2.24. The largest absolute Gasteiger partial charge is 0.369 e. The van der Waals surface area contributed by atoms with Crippen molar-refractivity contribution in [1.82, 2.24) is 0 Å². The second-order valence-corrected chi connectivity index (χ2v) is 5.13. The van der Waals surface area contributed by atoms with Crippen molar-refractivity contribution >= 4 is 5.91 Å². The van der Waals surface area contributed by atoms with Crippen molar-refractivity contribution < 1.29 is 4.79 Å². The van der Waals surface area contributed by atoms with E-state index < -0.39 is 0 Å². The summed E-state index contributed by atoms with van der Waals surface area (Å²) in [5.74, 6) is -0.415. The third-order valence-corrected chi connectivity index (χ3v) is 2.36. The average molecular weight is 205 g/mol. The zero-order valence-electron chi connectivity index (χ0n) is 9.66. The predicted molar refractivity (Wildman–Crippen MR) is 62.4 cm³/mol. The van der Waals surface area contributed by atoms with E-state index in [-0.39, 0.29) is 17.2 Å². The highest BCUT2D eigenvalue weighted by atomic mass is 16.1. The number of hydrogen-bond acceptors (Lipinski definition) is 1. The van der Waals surface area contributed by atoms with Crippen molar-refractivity contribution in [3.63, 3.8) is 0 Å². The Morgan fingerprint density at radius 1 is 1.27 bits per heavy atom. The van der Waals surface area contributed by atoms with Crippen molar-refractivity contribution in [2.24, 2.45) is 11.1 Å². The Labute approximate surface area is 91.5 Å². The Kier molecular flexibility index (Phi) is 3.51. The van der Waals surface area contributed by atoms with Crippen LogP contribution in [0, 0.1) is 5.41 Å². The van der Waals surface area contributed by atoms with Gasteiger partial charge in [0.05, 0.1) is 5.92 Å². The molecule has 0 bridgehead atoms. The first-order chi connectivity index (χ1) is 6.90. The molecule has 1 atom stereocenters. The molecular formula is C13H19NO. The molecule has 1 aromatic carbocycles. The van der Waals surface area contributed by atoms with Gasteiger partial charge in [-0.3, -0.25) is 4.79 Å². The maximum Gasteiger partial charge on any atom is 0.224 e. The molecule has 82 valence electrons. The van der Waals surface area contributed by atoms with Crippen LogP contribution >= 0.6 is 0 Å². The molecule has 0 aromatic heterocycles. The molecular weight excluding hydrogens is 186 g/mol. The van der Waals surface area contributed by atoms with Gasteiger partial charge in [-0.1, -0.05) is 51.1 Å². The van der Waals surface area contributed by atoms with Crippen LogP contribution < -0.4 is 5.73 Å². The number of primary amides is 1. The summed E-state index contributed by atoms with van der Waals surface area (Å²) in [5, 5.41) is 0. The Balaban J connectivity index is 2.90. The average Bonchev–Trinajstić information content (AvgIpc) is 2.14. The number of benzene rings is 1. The van der Waals surface area contributed by atoms with E-state index in [1.165, 1.54) is 0 Å². The van der Waals surface area contributed by atoms with E-state index in [4.69, 9.17) is 5.73 Å². The minimum absolute atomic E-state index is 0.107. The summed E-state index contributed by atoms with van der Waals surface area (Å²) in [6.07, 6.45) is 0.784. The fourth-order valence-corrected chi connectivity index (χ4v) is 1.68. The van der Waals surface area contributed by atoms with Gasteiger partial charge in [-0.25, -0.2) is 0 Å². The molecule has 0 spiro atoms. The number of nitrogens with two attached hydrogens (primary N) is 1. The van der Waals surface area contributed by atoms with Gasteiger partial charge >= 0.3 is 0 Å². The fourth-order valence-electron chi connectivity index (χ4n) is 1.68. The molecule has 0 heterocycles. The van der Waals surface area contributed by atoms with E-state index in [0.29, 0.717) is 0 Å². The molecule has 0 saturated heterocycles. The first kappa shape index (κ1) is 11.8. The molecule has 0 aliphatic rings. The van der Waals surface area contributed by atoms with Crippen LogP contribution in [0.25, 0.3) is 0 Å². The fraction of sp³-hybridized carbons (Fsp3) is 0.462. The maximum atomic E-state index is 11.4. The van der Waals surface area contributed by atoms with Crippen LogP contribution in [0.2, 0.25) is 0 Å². The van der Waals surface area contributed by atoms with Crippen LogP contribution in [-0.2, 0) is 4.79 Å². The second kappa shape index (κ2) is 4.47. The number of rotatable bonds is 3. The van der Waals surface area contributed by atoms with E-state index in [2.05, 4.69) is 20.8 Å². The monoisotopic (exact) mass is 205 g/mol. The van der Waals surface area contributed by atoms with Gasteiger partial charge in [0.25, 0.3) is 0 Å². The van der Waals surface area contributed by atoms with Gasteiger partial charge in [0, 0.05) is 0 Å². The van der Waals surface area contributed by atoms with E-state index in [9.17, 15) is 4.79 Å². The number of carbonyl (C=O) groups is 1. The summed E-state index contributed by atoms with van der Waals surface area (Å²) in [5.41, 5.74) is 6.56. The minimum atomic E-state index is -0.240. The number of hydrogen-bond donors (Lipinski definition) is 1. The van der Waals surface area contributed by atoms with Crippen LogP contribution in [0.5, 0.6) is 0 Å². The first-order valence-electron chi connectivity index (χ1n) is 5.24. The molecule has 1 aromatic rings. The van der Waals surface area contributed by atoms with Gasteiger partial charge in [-0.05, 0) is 17.4 Å². The van der Waals surface area contributed by atoms with Crippen LogP contribution in [0.4, 0.5) is 0 Å². The van der Waals surface area contributed by atoms with Gasteiger partial charge < -0.3 is 5.73 Å². The van der Waals surface area contributed by atoms with Crippen molar-refractivity contribution in [1.29, 1.82) is 0 Å². The summed E-state index contributed by atoms with van der Waals surface area (Å²) in [4.78, 5) is 11.4. The summed E-state index contributed by atoms with van der Waals surface area (Å²) >= 11 is 0. The van der Waals surface area contributed by atoms with E-state index >= 15 is 0 Å². The third-order valence-electron chi connectivity index (χ3n) is 2.36. The molecule has 1 unspecified atom stereocenters. The Bertz CT molecular complexity index is 324. The van der Waals surface area contributed by atoms with Gasteiger partial charge in [0.1, 0.15) is 0 Å². The lowest BCUT2D eigenvalue weighted by Crippen LogP contribution is -2.25. The molecule has 15 heavy (non-hydrogen) atoms. The molecule has 0 aliphatic heterocycles. The van der Waals surface area contributed by atoms with Crippen molar-refractivity contribution in [3.05, 3.63) is 35.9 Å². The number of carbonyl (C=O) groups excluding carboxylic acids is 1. The summed E-state index contributed by atoms with van der Waals surface area (Å²) in [6.45, 7) is 6.35. The van der Waals surface area contributed by atoms with Crippen LogP contribution in [0.15, 0.2) is 30.3 Å². The molecule has 0 fully saturated rings. The Morgan fingerprint density at radius 3 is 2.20 bits per heavy atom. The summed E-state index contributed by atoms with van der Waals surface area (Å²) < 4.78 is 0. The van der Waals surface area contributed by atoms with Crippen molar-refractivity contribution in [2.45, 2.75) is 33.1 Å². The summed E-state index contributed by atoms with van der Waals surface area (Å²) in [7, 11) is 0. The lowest BCUT2D eigenvalue weighted by molar-refractivity contribution is -0.120. The normalized spacial score (nSPS) is 13.5. The highest BCUT2D eigenvalue weighted by Crippen LogP contribution is 2.30. The molecule has 1 amide bonds. The molecule has 2 heteroatoms. The predicted octanol–water partition coefficient (Wildman–Crippen LogP) is 2.69. The zero-order valence-corrected chi connectivity index (χ0v) is 9.66. The summed E-state index contributed by atoms with van der Waals surface area (Å²) in [6, 6.07) is 9.74. The molecule has 1 rings (SSSR count). The first-order valence-corrected chi connectivity index (χ1v) is 5.24. The standard InChI is InChI=1S/C13H19NO/c1-13(2,3)9-11(12(14)15)10-7-5-4-6-8-10/h4-8,11H,9H2,1-3H3,(H2,14,15). The minimum Gasteiger partial charge on any atom is -0.369 e. The van der Waals surface area contributed by atoms with Gasteiger partial charge in [-0.15, -0.1) is 0 Å². The maximum absolute atomic E-state index is 11.4. The molecule has 0 aliphatic carbocycles. The van der Waals surface area contributed by atoms with Crippen LogP contribution in [0.1, 0.15) is 38.7 Å². The Morgan fingerprint density at radius 2 is 1.80 bits per heavy atom. The lowest BCUT2D eigenvalue weighted by atomic mass is 9.81. The van der Waals surface area contributed by atoms with Crippen LogP contribution in [0.3, 0.4) is 0 Å². The van der Waals surface area contributed by atoms with E-state index in [1.807, 2.05) is 30.3 Å². The smallest absolute Gasteiger partial charge is 0.224 e. The highest BCUT2D eigenvalue weighted by molar-refractivity contribution is 5.81.